The Balaban J connectivity index is 1.95. The highest BCUT2D eigenvalue weighted by atomic mass is 16.2. The van der Waals surface area contributed by atoms with Gasteiger partial charge in [-0.05, 0) is 44.5 Å². The second-order valence-electron chi connectivity index (χ2n) is 6.34. The van der Waals surface area contributed by atoms with Crippen molar-refractivity contribution in [3.63, 3.8) is 0 Å². The van der Waals surface area contributed by atoms with Gasteiger partial charge in [-0.15, -0.1) is 0 Å². The molecule has 134 valence electrons. The molecular weight excluding hydrogens is 326 g/mol. The largest absolute Gasteiger partial charge is 0.358 e. The van der Waals surface area contributed by atoms with Gasteiger partial charge in [-0.2, -0.15) is 0 Å². The first-order valence-electron chi connectivity index (χ1n) is 8.82. The highest BCUT2D eigenvalue weighted by Crippen LogP contribution is 2.24. The fourth-order valence-electron chi connectivity index (χ4n) is 2.55. The normalized spacial score (nSPS) is 13.2. The standard InChI is InChI=1S/C20H23N5O/c1-4-13(2)22-20(26)14(3)23-19-16-9-5-6-10-17(16)24-18(25-19)15-8-7-11-21-12-15/h5-14H,4H2,1-3H3,(H,22,26)(H,23,24,25). The number of benzene rings is 1. The van der Waals surface area contributed by atoms with E-state index in [0.717, 1.165) is 22.9 Å². The summed E-state index contributed by atoms with van der Waals surface area (Å²) in [5, 5.41) is 7.11. The molecule has 26 heavy (non-hydrogen) atoms. The van der Waals surface area contributed by atoms with E-state index in [1.165, 1.54) is 0 Å². The van der Waals surface area contributed by atoms with Crippen molar-refractivity contribution in [3.05, 3.63) is 48.8 Å². The number of para-hydroxylation sites is 1. The lowest BCUT2D eigenvalue weighted by Crippen LogP contribution is -2.42. The molecule has 0 saturated heterocycles. The number of carbonyl (C=O) groups excluding carboxylic acids is 1. The van der Waals surface area contributed by atoms with Crippen LogP contribution in [0.15, 0.2) is 48.8 Å². The van der Waals surface area contributed by atoms with E-state index in [9.17, 15) is 4.79 Å². The Bertz CT molecular complexity index is 897. The molecule has 1 aromatic carbocycles. The summed E-state index contributed by atoms with van der Waals surface area (Å²) in [6, 6.07) is 11.2. The fourth-order valence-corrected chi connectivity index (χ4v) is 2.55. The second-order valence-corrected chi connectivity index (χ2v) is 6.34. The van der Waals surface area contributed by atoms with E-state index in [0.29, 0.717) is 11.6 Å². The summed E-state index contributed by atoms with van der Waals surface area (Å²) in [7, 11) is 0. The molecule has 3 aromatic rings. The number of hydrogen-bond acceptors (Lipinski definition) is 5. The average molecular weight is 349 g/mol. The summed E-state index contributed by atoms with van der Waals surface area (Å²) >= 11 is 0. The van der Waals surface area contributed by atoms with Crippen LogP contribution in [-0.2, 0) is 4.79 Å². The topological polar surface area (TPSA) is 79.8 Å². The fraction of sp³-hybridized carbons (Fsp3) is 0.300. The van der Waals surface area contributed by atoms with Gasteiger partial charge in [0.15, 0.2) is 5.82 Å². The molecule has 6 heteroatoms. The molecular formula is C20H23N5O. The first-order valence-corrected chi connectivity index (χ1v) is 8.82. The Kier molecular flexibility index (Phi) is 5.41. The lowest BCUT2D eigenvalue weighted by molar-refractivity contribution is -0.122. The van der Waals surface area contributed by atoms with Crippen molar-refractivity contribution < 1.29 is 4.79 Å². The van der Waals surface area contributed by atoms with Crippen LogP contribution in [0, 0.1) is 0 Å². The lowest BCUT2D eigenvalue weighted by Gasteiger charge is -2.19. The molecule has 0 aliphatic rings. The molecule has 2 N–H and O–H groups in total. The summed E-state index contributed by atoms with van der Waals surface area (Å²) in [4.78, 5) is 25.8. The van der Waals surface area contributed by atoms with Crippen molar-refractivity contribution >= 4 is 22.6 Å². The Morgan fingerprint density at radius 2 is 1.92 bits per heavy atom. The first kappa shape index (κ1) is 17.8. The number of nitrogens with zero attached hydrogens (tertiary/aromatic N) is 3. The van der Waals surface area contributed by atoms with Crippen LogP contribution >= 0.6 is 0 Å². The van der Waals surface area contributed by atoms with Gasteiger partial charge in [-0.25, -0.2) is 9.97 Å². The van der Waals surface area contributed by atoms with Gasteiger partial charge in [0, 0.05) is 29.4 Å². The summed E-state index contributed by atoms with van der Waals surface area (Å²) in [5.41, 5.74) is 1.65. The molecule has 2 aromatic heterocycles. The van der Waals surface area contributed by atoms with E-state index in [1.54, 1.807) is 12.4 Å². The molecule has 2 unspecified atom stereocenters. The molecule has 0 bridgehead atoms. The van der Waals surface area contributed by atoms with E-state index in [2.05, 4.69) is 25.6 Å². The Hall–Kier alpha value is -3.02. The highest BCUT2D eigenvalue weighted by molar-refractivity contribution is 5.93. The molecule has 1 amide bonds. The summed E-state index contributed by atoms with van der Waals surface area (Å²) < 4.78 is 0. The van der Waals surface area contributed by atoms with E-state index in [-0.39, 0.29) is 11.9 Å². The van der Waals surface area contributed by atoms with Crippen LogP contribution in [0.25, 0.3) is 22.3 Å². The van der Waals surface area contributed by atoms with Crippen LogP contribution in [0.1, 0.15) is 27.2 Å². The van der Waals surface area contributed by atoms with Gasteiger partial charge < -0.3 is 10.6 Å². The predicted molar refractivity (Wildman–Crippen MR) is 104 cm³/mol. The number of fused-ring (bicyclic) bond motifs is 1. The summed E-state index contributed by atoms with van der Waals surface area (Å²) in [6.07, 6.45) is 4.33. The molecule has 2 heterocycles. The smallest absolute Gasteiger partial charge is 0.242 e. The molecule has 0 saturated carbocycles. The van der Waals surface area contributed by atoms with E-state index < -0.39 is 6.04 Å². The number of anilines is 1. The molecule has 6 nitrogen and oxygen atoms in total. The third-order valence-corrected chi connectivity index (χ3v) is 4.27. The number of pyridine rings is 1. The van der Waals surface area contributed by atoms with Gasteiger partial charge in [-0.1, -0.05) is 19.1 Å². The number of rotatable bonds is 6. The Morgan fingerprint density at radius 1 is 1.12 bits per heavy atom. The minimum atomic E-state index is -0.413. The van der Waals surface area contributed by atoms with Crippen LogP contribution in [0.2, 0.25) is 0 Å². The van der Waals surface area contributed by atoms with Crippen LogP contribution in [0.5, 0.6) is 0 Å². The first-order chi connectivity index (χ1) is 12.6. The van der Waals surface area contributed by atoms with Gasteiger partial charge in [0.1, 0.15) is 11.9 Å². The van der Waals surface area contributed by atoms with Crippen LogP contribution in [0.3, 0.4) is 0 Å². The van der Waals surface area contributed by atoms with Crippen molar-refractivity contribution in [3.8, 4) is 11.4 Å². The SMILES string of the molecule is CCC(C)NC(=O)C(C)Nc1nc(-c2cccnc2)nc2ccccc12. The van der Waals surface area contributed by atoms with Crippen LogP contribution in [-0.4, -0.2) is 32.9 Å². The zero-order valence-electron chi connectivity index (χ0n) is 15.2. The zero-order chi connectivity index (χ0) is 18.5. The third kappa shape index (κ3) is 3.96. The summed E-state index contributed by atoms with van der Waals surface area (Å²) in [5.74, 6) is 1.17. The monoisotopic (exact) mass is 349 g/mol. The van der Waals surface area contributed by atoms with Crippen LogP contribution in [0.4, 0.5) is 5.82 Å². The zero-order valence-corrected chi connectivity index (χ0v) is 15.2. The minimum absolute atomic E-state index is 0.0510. The molecule has 0 spiro atoms. The predicted octanol–water partition coefficient (Wildman–Crippen LogP) is 3.41. The second kappa shape index (κ2) is 7.91. The molecule has 0 aliphatic carbocycles. The molecule has 2 atom stereocenters. The van der Waals surface area contributed by atoms with Crippen molar-refractivity contribution in [1.29, 1.82) is 0 Å². The Labute approximate surface area is 153 Å². The van der Waals surface area contributed by atoms with Gasteiger partial charge >= 0.3 is 0 Å². The van der Waals surface area contributed by atoms with Crippen molar-refractivity contribution in [2.24, 2.45) is 0 Å². The van der Waals surface area contributed by atoms with Gasteiger partial charge in [0.05, 0.1) is 5.52 Å². The molecule has 0 fully saturated rings. The third-order valence-electron chi connectivity index (χ3n) is 4.27. The van der Waals surface area contributed by atoms with Gasteiger partial charge in [0.2, 0.25) is 5.91 Å². The van der Waals surface area contributed by atoms with E-state index >= 15 is 0 Å². The maximum atomic E-state index is 12.4. The molecule has 0 aliphatic heterocycles. The van der Waals surface area contributed by atoms with Crippen molar-refractivity contribution in [2.75, 3.05) is 5.32 Å². The maximum absolute atomic E-state index is 12.4. The number of amides is 1. The number of aromatic nitrogens is 3. The molecule has 0 radical (unpaired) electrons. The average Bonchev–Trinajstić information content (AvgIpc) is 2.68. The molecule has 3 rings (SSSR count). The highest BCUT2D eigenvalue weighted by Gasteiger charge is 2.17. The summed E-state index contributed by atoms with van der Waals surface area (Å²) in [6.45, 7) is 5.87. The Morgan fingerprint density at radius 3 is 2.65 bits per heavy atom. The number of carbonyl (C=O) groups is 1. The minimum Gasteiger partial charge on any atom is -0.358 e. The quantitative estimate of drug-likeness (QED) is 0.713. The lowest BCUT2D eigenvalue weighted by atomic mass is 10.2. The van der Waals surface area contributed by atoms with Crippen molar-refractivity contribution in [1.82, 2.24) is 20.3 Å². The number of hydrogen-bond donors (Lipinski definition) is 2. The van der Waals surface area contributed by atoms with E-state index in [4.69, 9.17) is 0 Å². The van der Waals surface area contributed by atoms with Gasteiger partial charge in [-0.3, -0.25) is 9.78 Å². The maximum Gasteiger partial charge on any atom is 0.242 e. The van der Waals surface area contributed by atoms with Crippen LogP contribution < -0.4 is 10.6 Å². The number of nitrogens with one attached hydrogen (secondary N) is 2. The van der Waals surface area contributed by atoms with E-state index in [1.807, 2.05) is 57.2 Å². The van der Waals surface area contributed by atoms with Crippen molar-refractivity contribution in [2.45, 2.75) is 39.3 Å². The van der Waals surface area contributed by atoms with Gasteiger partial charge in [0.25, 0.3) is 0 Å².